The zero-order chi connectivity index (χ0) is 12.2. The number of hydrogen-bond donors (Lipinski definition) is 0. The Hall–Kier alpha value is -0.230. The van der Waals surface area contributed by atoms with Crippen molar-refractivity contribution in [3.05, 3.63) is 35.4 Å². The molecule has 0 fully saturated rings. The molecule has 1 unspecified atom stereocenters. The van der Waals surface area contributed by atoms with E-state index in [0.717, 1.165) is 18.1 Å². The van der Waals surface area contributed by atoms with Gasteiger partial charge in [-0.05, 0) is 12.5 Å². The highest BCUT2D eigenvalue weighted by Crippen LogP contribution is 2.23. The van der Waals surface area contributed by atoms with E-state index in [1.54, 1.807) is 0 Å². The summed E-state index contributed by atoms with van der Waals surface area (Å²) in [4.78, 5) is 0. The minimum absolute atomic E-state index is 0.258. The van der Waals surface area contributed by atoms with Gasteiger partial charge in [0.1, 0.15) is 6.61 Å². The predicted molar refractivity (Wildman–Crippen MR) is 69.4 cm³/mol. The molecule has 0 aromatic heterocycles. The van der Waals surface area contributed by atoms with Gasteiger partial charge in [-0.15, -0.1) is 0 Å². The molecule has 1 aromatic rings. The topological polar surface area (TPSA) is 9.23 Å². The van der Waals surface area contributed by atoms with Crippen molar-refractivity contribution >= 4 is 22.6 Å². The maximum absolute atomic E-state index is 12.7. The number of rotatable bonds is 5. The Morgan fingerprint density at radius 2 is 2.12 bits per heavy atom. The van der Waals surface area contributed by atoms with Gasteiger partial charge in [0.15, 0.2) is 0 Å². The quantitative estimate of drug-likeness (QED) is 0.578. The second kappa shape index (κ2) is 5.91. The van der Waals surface area contributed by atoms with Gasteiger partial charge in [0.25, 0.3) is 5.92 Å². The van der Waals surface area contributed by atoms with E-state index in [1.165, 1.54) is 0 Å². The Balaban J connectivity index is 2.68. The zero-order valence-electron chi connectivity index (χ0n) is 9.34. The molecule has 1 aromatic carbocycles. The molecule has 0 aliphatic heterocycles. The van der Waals surface area contributed by atoms with E-state index in [-0.39, 0.29) is 6.10 Å². The van der Waals surface area contributed by atoms with E-state index in [0.29, 0.717) is 4.43 Å². The standard InChI is InChI=1S/C12H15F2IO/c1-9-4-3-5-10(6-9)11(7-15)16-8-12(2,13)14/h3-6,11H,7-8H2,1-2H3. The molecular weight excluding hydrogens is 325 g/mol. The number of halogens is 3. The predicted octanol–water partition coefficient (Wildman–Crippen LogP) is 4.14. The summed E-state index contributed by atoms with van der Waals surface area (Å²) < 4.78 is 31.3. The van der Waals surface area contributed by atoms with Crippen LogP contribution < -0.4 is 0 Å². The molecule has 0 radical (unpaired) electrons. The van der Waals surface area contributed by atoms with Crippen molar-refractivity contribution in [1.82, 2.24) is 0 Å². The van der Waals surface area contributed by atoms with Crippen molar-refractivity contribution in [2.45, 2.75) is 25.9 Å². The lowest BCUT2D eigenvalue weighted by Gasteiger charge is -2.19. The first-order valence-electron chi connectivity index (χ1n) is 5.04. The van der Waals surface area contributed by atoms with Crippen molar-refractivity contribution < 1.29 is 13.5 Å². The molecule has 0 heterocycles. The summed E-state index contributed by atoms with van der Waals surface area (Å²) in [6.45, 7) is 2.31. The van der Waals surface area contributed by atoms with E-state index >= 15 is 0 Å². The van der Waals surface area contributed by atoms with Crippen LogP contribution in [0.1, 0.15) is 24.2 Å². The van der Waals surface area contributed by atoms with Gasteiger partial charge in [0.05, 0.1) is 6.10 Å². The van der Waals surface area contributed by atoms with Gasteiger partial charge in [-0.2, -0.15) is 0 Å². The molecule has 0 saturated heterocycles. The summed E-state index contributed by atoms with van der Waals surface area (Å²) >= 11 is 2.15. The molecule has 90 valence electrons. The molecule has 0 aliphatic rings. The Labute approximate surface area is 108 Å². The van der Waals surface area contributed by atoms with Gasteiger partial charge in [-0.1, -0.05) is 52.4 Å². The molecule has 0 N–H and O–H groups in total. The monoisotopic (exact) mass is 340 g/mol. The Morgan fingerprint density at radius 3 is 2.62 bits per heavy atom. The van der Waals surface area contributed by atoms with Gasteiger partial charge in [-0.25, -0.2) is 8.78 Å². The number of hydrogen-bond acceptors (Lipinski definition) is 1. The second-order valence-corrected chi connectivity index (χ2v) is 4.82. The number of aryl methyl sites for hydroxylation is 1. The third-order valence-electron chi connectivity index (χ3n) is 2.09. The molecule has 0 aliphatic carbocycles. The molecule has 0 amide bonds. The first-order chi connectivity index (χ1) is 7.42. The highest BCUT2D eigenvalue weighted by atomic mass is 127. The van der Waals surface area contributed by atoms with E-state index in [2.05, 4.69) is 22.6 Å². The average molecular weight is 340 g/mol. The van der Waals surface area contributed by atoms with Crippen LogP contribution in [0.3, 0.4) is 0 Å². The molecular formula is C12H15F2IO. The van der Waals surface area contributed by atoms with Crippen LogP contribution in [0.4, 0.5) is 8.78 Å². The van der Waals surface area contributed by atoms with Crippen LogP contribution in [0.2, 0.25) is 0 Å². The highest BCUT2D eigenvalue weighted by molar-refractivity contribution is 14.1. The molecule has 16 heavy (non-hydrogen) atoms. The third-order valence-corrected chi connectivity index (χ3v) is 2.89. The Bertz CT molecular complexity index is 336. The van der Waals surface area contributed by atoms with Crippen molar-refractivity contribution in [2.75, 3.05) is 11.0 Å². The van der Waals surface area contributed by atoms with E-state index in [1.807, 2.05) is 31.2 Å². The Morgan fingerprint density at radius 1 is 1.44 bits per heavy atom. The van der Waals surface area contributed by atoms with Crippen LogP contribution in [0, 0.1) is 6.92 Å². The fourth-order valence-corrected chi connectivity index (χ4v) is 2.11. The van der Waals surface area contributed by atoms with Gasteiger partial charge in [0.2, 0.25) is 0 Å². The minimum Gasteiger partial charge on any atom is -0.366 e. The molecule has 1 atom stereocenters. The lowest BCUT2D eigenvalue weighted by molar-refractivity contribution is -0.0824. The number of benzene rings is 1. The van der Waals surface area contributed by atoms with Crippen LogP contribution in [0.25, 0.3) is 0 Å². The van der Waals surface area contributed by atoms with E-state index < -0.39 is 12.5 Å². The number of ether oxygens (including phenoxy) is 1. The minimum atomic E-state index is -2.77. The Kier molecular flexibility index (Phi) is 5.11. The fourth-order valence-electron chi connectivity index (χ4n) is 1.35. The average Bonchev–Trinajstić information content (AvgIpc) is 2.17. The lowest BCUT2D eigenvalue weighted by atomic mass is 10.1. The third kappa shape index (κ3) is 4.74. The smallest absolute Gasteiger partial charge is 0.268 e. The molecule has 1 nitrogen and oxygen atoms in total. The zero-order valence-corrected chi connectivity index (χ0v) is 11.5. The lowest BCUT2D eigenvalue weighted by Crippen LogP contribution is -2.21. The first-order valence-corrected chi connectivity index (χ1v) is 6.57. The maximum Gasteiger partial charge on any atom is 0.268 e. The van der Waals surface area contributed by atoms with E-state index in [9.17, 15) is 8.78 Å². The van der Waals surface area contributed by atoms with Crippen LogP contribution in [0.15, 0.2) is 24.3 Å². The van der Waals surface area contributed by atoms with Crippen molar-refractivity contribution in [3.8, 4) is 0 Å². The van der Waals surface area contributed by atoms with Crippen LogP contribution in [-0.2, 0) is 4.74 Å². The van der Waals surface area contributed by atoms with Crippen molar-refractivity contribution in [1.29, 1.82) is 0 Å². The summed E-state index contributed by atoms with van der Waals surface area (Å²) in [5.41, 5.74) is 2.07. The van der Waals surface area contributed by atoms with Crippen molar-refractivity contribution in [3.63, 3.8) is 0 Å². The highest BCUT2D eigenvalue weighted by Gasteiger charge is 2.24. The van der Waals surface area contributed by atoms with E-state index in [4.69, 9.17) is 4.74 Å². The van der Waals surface area contributed by atoms with Crippen LogP contribution in [-0.4, -0.2) is 17.0 Å². The van der Waals surface area contributed by atoms with Gasteiger partial charge >= 0.3 is 0 Å². The SMILES string of the molecule is Cc1cccc(C(CI)OCC(C)(F)F)c1. The van der Waals surface area contributed by atoms with Crippen LogP contribution in [0.5, 0.6) is 0 Å². The van der Waals surface area contributed by atoms with Gasteiger partial charge in [0, 0.05) is 11.4 Å². The molecule has 0 saturated carbocycles. The summed E-state index contributed by atoms with van der Waals surface area (Å²) in [5, 5.41) is 0. The number of alkyl halides is 3. The van der Waals surface area contributed by atoms with Crippen molar-refractivity contribution in [2.24, 2.45) is 0 Å². The normalized spacial score (nSPS) is 13.8. The largest absolute Gasteiger partial charge is 0.366 e. The summed E-state index contributed by atoms with van der Waals surface area (Å²) in [5.74, 6) is -2.77. The molecule has 1 rings (SSSR count). The summed E-state index contributed by atoms with van der Waals surface area (Å²) in [6.07, 6.45) is -0.258. The maximum atomic E-state index is 12.7. The molecule has 4 heteroatoms. The van der Waals surface area contributed by atoms with Gasteiger partial charge < -0.3 is 4.74 Å². The van der Waals surface area contributed by atoms with Gasteiger partial charge in [-0.3, -0.25) is 0 Å². The first kappa shape index (κ1) is 13.8. The summed E-state index contributed by atoms with van der Waals surface area (Å²) in [7, 11) is 0. The second-order valence-electron chi connectivity index (χ2n) is 3.94. The fraction of sp³-hybridized carbons (Fsp3) is 0.500. The summed E-state index contributed by atoms with van der Waals surface area (Å²) in [6, 6.07) is 7.76. The molecule has 0 spiro atoms. The van der Waals surface area contributed by atoms with Crippen LogP contribution >= 0.6 is 22.6 Å². The molecule has 0 bridgehead atoms.